The van der Waals surface area contributed by atoms with Crippen LogP contribution in [0, 0.1) is 11.3 Å². The minimum Gasteiger partial charge on any atom is -0.494 e. The summed E-state index contributed by atoms with van der Waals surface area (Å²) in [4.78, 5) is 27.0. The smallest absolute Gasteiger partial charge is 0.256 e. The van der Waals surface area contributed by atoms with Crippen molar-refractivity contribution >= 4 is 23.0 Å². The van der Waals surface area contributed by atoms with Gasteiger partial charge in [-0.3, -0.25) is 14.3 Å². The summed E-state index contributed by atoms with van der Waals surface area (Å²) in [6, 6.07) is 11.0. The first kappa shape index (κ1) is 23.8. The fourth-order valence-electron chi connectivity index (χ4n) is 4.65. The Kier molecular flexibility index (Phi) is 6.43. The molecular formula is C27H25N7O3. The number of amides is 2. The molecule has 1 N–H and O–H groups in total. The summed E-state index contributed by atoms with van der Waals surface area (Å²) in [7, 11) is 1.56. The number of anilines is 1. The molecule has 0 unspecified atom stereocenters. The Labute approximate surface area is 213 Å². The summed E-state index contributed by atoms with van der Waals surface area (Å²) in [5, 5.41) is 20.9. The van der Waals surface area contributed by atoms with Gasteiger partial charge in [-0.1, -0.05) is 18.7 Å². The number of nitrogens with one attached hydrogen (secondary N) is 1. The molecule has 1 aliphatic rings. The van der Waals surface area contributed by atoms with E-state index >= 15 is 0 Å². The number of carbonyl (C=O) groups excluding carboxylic acids is 2. The maximum atomic E-state index is 13.4. The molecule has 1 atom stereocenters. The van der Waals surface area contributed by atoms with E-state index in [1.807, 2.05) is 23.1 Å². The molecule has 10 nitrogen and oxygen atoms in total. The molecule has 0 bridgehead atoms. The Morgan fingerprint density at radius 3 is 2.84 bits per heavy atom. The molecule has 3 aromatic heterocycles. The molecule has 10 heteroatoms. The van der Waals surface area contributed by atoms with E-state index in [1.54, 1.807) is 47.0 Å². The van der Waals surface area contributed by atoms with Crippen LogP contribution in [0.2, 0.25) is 0 Å². The normalized spacial score (nSPS) is 15.2. The average Bonchev–Trinajstić information content (AvgIpc) is 3.60. The molecule has 37 heavy (non-hydrogen) atoms. The molecule has 0 aliphatic carbocycles. The number of carbonyl (C=O) groups is 2. The van der Waals surface area contributed by atoms with E-state index in [0.29, 0.717) is 41.2 Å². The number of likely N-dealkylation sites (tertiary alicyclic amines) is 1. The Morgan fingerprint density at radius 2 is 2.05 bits per heavy atom. The number of para-hydroxylation sites is 1. The molecule has 186 valence electrons. The summed E-state index contributed by atoms with van der Waals surface area (Å²) in [5.41, 5.74) is 3.68. The highest BCUT2D eigenvalue weighted by molar-refractivity contribution is 6.06. The number of methoxy groups -OCH3 is 1. The summed E-state index contributed by atoms with van der Waals surface area (Å²) < 4.78 is 9.04. The molecule has 1 aliphatic heterocycles. The van der Waals surface area contributed by atoms with E-state index in [9.17, 15) is 14.9 Å². The van der Waals surface area contributed by atoms with Crippen LogP contribution in [0.5, 0.6) is 5.75 Å². The second kappa shape index (κ2) is 9.99. The van der Waals surface area contributed by atoms with E-state index in [-0.39, 0.29) is 17.9 Å². The lowest BCUT2D eigenvalue weighted by Crippen LogP contribution is -2.41. The lowest BCUT2D eigenvalue weighted by molar-refractivity contribution is -0.111. The van der Waals surface area contributed by atoms with E-state index in [1.165, 1.54) is 12.3 Å². The first-order valence-corrected chi connectivity index (χ1v) is 11.8. The van der Waals surface area contributed by atoms with Crippen molar-refractivity contribution in [2.75, 3.05) is 25.5 Å². The second-order valence-corrected chi connectivity index (χ2v) is 8.76. The van der Waals surface area contributed by atoms with Gasteiger partial charge in [0.05, 0.1) is 36.8 Å². The number of hydrogen-bond acceptors (Lipinski definition) is 6. The van der Waals surface area contributed by atoms with Crippen LogP contribution in [0.4, 0.5) is 5.69 Å². The molecule has 2 amide bonds. The maximum Gasteiger partial charge on any atom is 0.256 e. The van der Waals surface area contributed by atoms with Gasteiger partial charge in [0, 0.05) is 36.6 Å². The van der Waals surface area contributed by atoms with Gasteiger partial charge in [-0.2, -0.15) is 15.5 Å². The zero-order valence-electron chi connectivity index (χ0n) is 20.3. The van der Waals surface area contributed by atoms with E-state index in [2.05, 4.69) is 28.2 Å². The Bertz CT molecular complexity index is 1550. The van der Waals surface area contributed by atoms with Gasteiger partial charge in [0.2, 0.25) is 5.91 Å². The molecule has 4 heterocycles. The van der Waals surface area contributed by atoms with Crippen LogP contribution in [0.25, 0.3) is 16.6 Å². The monoisotopic (exact) mass is 495 g/mol. The summed E-state index contributed by atoms with van der Waals surface area (Å²) in [6.45, 7) is 4.60. The number of rotatable bonds is 6. The average molecular weight is 496 g/mol. The number of pyridine rings is 1. The van der Waals surface area contributed by atoms with Crippen molar-refractivity contribution in [3.05, 3.63) is 78.9 Å². The standard InChI is InChI=1S/C27H25N7O3/c1-3-25(35)31-23-9-5-4-8-22(23)27(36)32-10-6-7-21(17-32)33-16-20(14-29-33)18-11-24(37-2)26-19(12-28)13-30-34(26)15-18/h3-5,8-9,11,13-16,21H,1,6-7,10,17H2,2H3,(H,31,35)/t21-/m1/s1. The first-order chi connectivity index (χ1) is 18.0. The van der Waals surface area contributed by atoms with Crippen LogP contribution in [0.1, 0.15) is 34.8 Å². The SMILES string of the molecule is C=CC(=O)Nc1ccccc1C(=O)N1CCC[C@@H](n2cc(-c3cc(OC)c4c(C#N)cnn4c3)cn2)C1. The molecule has 1 fully saturated rings. The van der Waals surface area contributed by atoms with Gasteiger partial charge in [0.1, 0.15) is 22.9 Å². The highest BCUT2D eigenvalue weighted by Crippen LogP contribution is 2.31. The van der Waals surface area contributed by atoms with Crippen molar-refractivity contribution in [2.45, 2.75) is 18.9 Å². The highest BCUT2D eigenvalue weighted by Gasteiger charge is 2.27. The van der Waals surface area contributed by atoms with Crippen LogP contribution < -0.4 is 10.1 Å². The topological polar surface area (TPSA) is 118 Å². The van der Waals surface area contributed by atoms with Crippen LogP contribution in [0.3, 0.4) is 0 Å². The zero-order chi connectivity index (χ0) is 25.9. The fraction of sp³-hybridized carbons (Fsp3) is 0.222. The lowest BCUT2D eigenvalue weighted by Gasteiger charge is -2.33. The quantitative estimate of drug-likeness (QED) is 0.408. The van der Waals surface area contributed by atoms with Crippen molar-refractivity contribution < 1.29 is 14.3 Å². The molecule has 4 aromatic rings. The summed E-state index contributed by atoms with van der Waals surface area (Å²) in [5.74, 6) is 0.0461. The molecule has 1 aromatic carbocycles. The second-order valence-electron chi connectivity index (χ2n) is 8.76. The Morgan fingerprint density at radius 1 is 1.22 bits per heavy atom. The summed E-state index contributed by atoms with van der Waals surface area (Å²) >= 11 is 0. The number of benzene rings is 1. The van der Waals surface area contributed by atoms with Crippen LogP contribution >= 0.6 is 0 Å². The predicted molar refractivity (Wildman–Crippen MR) is 137 cm³/mol. The third-order valence-corrected chi connectivity index (χ3v) is 6.51. The first-order valence-electron chi connectivity index (χ1n) is 11.8. The van der Waals surface area contributed by atoms with Crippen molar-refractivity contribution in [2.24, 2.45) is 0 Å². The number of nitrogens with zero attached hydrogens (tertiary/aromatic N) is 6. The van der Waals surface area contributed by atoms with Gasteiger partial charge < -0.3 is 15.0 Å². The number of ether oxygens (including phenoxy) is 1. The Balaban J connectivity index is 1.37. The molecule has 0 radical (unpaired) electrons. The third kappa shape index (κ3) is 4.54. The van der Waals surface area contributed by atoms with Gasteiger partial charge in [-0.15, -0.1) is 0 Å². The van der Waals surface area contributed by atoms with Gasteiger partial charge in [0.25, 0.3) is 5.91 Å². The van der Waals surface area contributed by atoms with Gasteiger partial charge in [-0.25, -0.2) is 4.52 Å². The van der Waals surface area contributed by atoms with Crippen molar-refractivity contribution in [1.82, 2.24) is 24.3 Å². The van der Waals surface area contributed by atoms with E-state index < -0.39 is 0 Å². The van der Waals surface area contributed by atoms with Crippen LogP contribution in [-0.2, 0) is 4.79 Å². The number of piperidine rings is 1. The van der Waals surface area contributed by atoms with Crippen molar-refractivity contribution in [3.63, 3.8) is 0 Å². The van der Waals surface area contributed by atoms with Gasteiger partial charge >= 0.3 is 0 Å². The van der Waals surface area contributed by atoms with Crippen molar-refractivity contribution in [3.8, 4) is 22.9 Å². The molecule has 1 saturated heterocycles. The zero-order valence-corrected chi connectivity index (χ0v) is 20.3. The molecular weight excluding hydrogens is 470 g/mol. The molecule has 0 saturated carbocycles. The Hall–Kier alpha value is -4.91. The minimum absolute atomic E-state index is 0.00176. The number of nitriles is 1. The number of hydrogen-bond donors (Lipinski definition) is 1. The van der Waals surface area contributed by atoms with Crippen LogP contribution in [-0.4, -0.2) is 56.3 Å². The number of fused-ring (bicyclic) bond motifs is 1. The number of aromatic nitrogens is 4. The predicted octanol–water partition coefficient (Wildman–Crippen LogP) is 3.68. The third-order valence-electron chi connectivity index (χ3n) is 6.51. The fourth-order valence-corrected chi connectivity index (χ4v) is 4.65. The van der Waals surface area contributed by atoms with Gasteiger partial charge in [0.15, 0.2) is 0 Å². The molecule has 0 spiro atoms. The van der Waals surface area contributed by atoms with E-state index in [4.69, 9.17) is 4.74 Å². The van der Waals surface area contributed by atoms with Crippen molar-refractivity contribution in [1.29, 1.82) is 5.26 Å². The minimum atomic E-state index is -0.366. The van der Waals surface area contributed by atoms with Crippen LogP contribution in [0.15, 0.2) is 67.8 Å². The lowest BCUT2D eigenvalue weighted by atomic mass is 10.0. The maximum absolute atomic E-state index is 13.4. The molecule has 5 rings (SSSR count). The van der Waals surface area contributed by atoms with E-state index in [0.717, 1.165) is 24.0 Å². The highest BCUT2D eigenvalue weighted by atomic mass is 16.5. The largest absolute Gasteiger partial charge is 0.494 e. The van der Waals surface area contributed by atoms with Gasteiger partial charge in [-0.05, 0) is 37.1 Å². The summed E-state index contributed by atoms with van der Waals surface area (Å²) in [6.07, 6.45) is 9.96.